The average molecular weight is 425 g/mol. The summed E-state index contributed by atoms with van der Waals surface area (Å²) in [6, 6.07) is 5.46. The summed E-state index contributed by atoms with van der Waals surface area (Å²) in [5.41, 5.74) is -1.23. The SMILES string of the molecule is COCCOC[C@@]12CN(C(C)=O)CC[C@@H]1CN(c1ccc(C#N)c(C(F)(F)F)c1)C2. The van der Waals surface area contributed by atoms with Gasteiger partial charge in [-0.3, -0.25) is 4.79 Å². The van der Waals surface area contributed by atoms with E-state index >= 15 is 0 Å². The molecule has 1 aromatic rings. The van der Waals surface area contributed by atoms with Crippen LogP contribution in [0.15, 0.2) is 18.2 Å². The van der Waals surface area contributed by atoms with Gasteiger partial charge in [0.25, 0.3) is 0 Å². The van der Waals surface area contributed by atoms with Crippen LogP contribution in [0, 0.1) is 22.7 Å². The highest BCUT2D eigenvalue weighted by Crippen LogP contribution is 2.45. The Hall–Kier alpha value is -2.31. The number of nitrogens with zero attached hydrogens (tertiary/aromatic N) is 3. The van der Waals surface area contributed by atoms with Gasteiger partial charge in [-0.1, -0.05) is 0 Å². The lowest BCUT2D eigenvalue weighted by atomic mass is 9.74. The summed E-state index contributed by atoms with van der Waals surface area (Å²) in [6.45, 7) is 5.02. The maximum absolute atomic E-state index is 13.4. The Kier molecular flexibility index (Phi) is 6.58. The van der Waals surface area contributed by atoms with E-state index < -0.39 is 11.7 Å². The van der Waals surface area contributed by atoms with Gasteiger partial charge in [-0.25, -0.2) is 0 Å². The van der Waals surface area contributed by atoms with Crippen molar-refractivity contribution in [3.8, 4) is 6.07 Å². The highest BCUT2D eigenvalue weighted by Gasteiger charge is 2.50. The molecule has 2 saturated heterocycles. The molecule has 0 radical (unpaired) electrons. The molecule has 30 heavy (non-hydrogen) atoms. The molecule has 0 aromatic heterocycles. The van der Waals surface area contributed by atoms with Gasteiger partial charge >= 0.3 is 6.18 Å². The molecule has 2 atom stereocenters. The zero-order valence-corrected chi connectivity index (χ0v) is 17.2. The number of nitriles is 1. The molecule has 0 spiro atoms. The lowest BCUT2D eigenvalue weighted by Crippen LogP contribution is -2.52. The summed E-state index contributed by atoms with van der Waals surface area (Å²) in [5.74, 6) is 0.182. The second-order valence-corrected chi connectivity index (χ2v) is 8.05. The summed E-state index contributed by atoms with van der Waals surface area (Å²) in [4.78, 5) is 15.7. The van der Waals surface area contributed by atoms with Gasteiger partial charge in [0, 0.05) is 51.3 Å². The van der Waals surface area contributed by atoms with Crippen LogP contribution >= 0.6 is 0 Å². The third-order valence-electron chi connectivity index (χ3n) is 6.13. The Labute approximate surface area is 174 Å². The third kappa shape index (κ3) is 4.55. The Morgan fingerprint density at radius 2 is 2.10 bits per heavy atom. The van der Waals surface area contributed by atoms with Gasteiger partial charge in [-0.2, -0.15) is 18.4 Å². The topological polar surface area (TPSA) is 65.8 Å². The molecule has 3 rings (SSSR count). The fourth-order valence-corrected chi connectivity index (χ4v) is 4.53. The smallest absolute Gasteiger partial charge is 0.382 e. The molecule has 9 heteroatoms. The molecule has 6 nitrogen and oxygen atoms in total. The van der Waals surface area contributed by atoms with Crippen LogP contribution in [0.2, 0.25) is 0 Å². The van der Waals surface area contributed by atoms with Crippen LogP contribution in [0.25, 0.3) is 0 Å². The summed E-state index contributed by atoms with van der Waals surface area (Å²) < 4.78 is 51.1. The van der Waals surface area contributed by atoms with E-state index in [1.807, 2.05) is 4.90 Å². The molecule has 1 amide bonds. The van der Waals surface area contributed by atoms with Gasteiger partial charge in [0.05, 0.1) is 37.0 Å². The Morgan fingerprint density at radius 3 is 2.73 bits per heavy atom. The van der Waals surface area contributed by atoms with E-state index in [1.165, 1.54) is 13.0 Å². The number of amides is 1. The molecule has 0 bridgehead atoms. The van der Waals surface area contributed by atoms with Crippen molar-refractivity contribution in [2.75, 3.05) is 58.0 Å². The van der Waals surface area contributed by atoms with Gasteiger partial charge in [-0.15, -0.1) is 0 Å². The number of alkyl halides is 3. The van der Waals surface area contributed by atoms with Crippen LogP contribution in [0.3, 0.4) is 0 Å². The number of carbonyl (C=O) groups excluding carboxylic acids is 1. The van der Waals surface area contributed by atoms with E-state index in [0.717, 1.165) is 12.5 Å². The van der Waals surface area contributed by atoms with Crippen molar-refractivity contribution in [1.82, 2.24) is 4.90 Å². The van der Waals surface area contributed by atoms with Crippen LogP contribution < -0.4 is 4.90 Å². The van der Waals surface area contributed by atoms with E-state index in [2.05, 4.69) is 0 Å². The van der Waals surface area contributed by atoms with Gasteiger partial charge in [0.2, 0.25) is 5.91 Å². The van der Waals surface area contributed by atoms with E-state index in [-0.39, 0.29) is 22.8 Å². The molecular formula is C21H26F3N3O3. The average Bonchev–Trinajstić information content (AvgIpc) is 3.09. The van der Waals surface area contributed by atoms with Gasteiger partial charge in [0.1, 0.15) is 0 Å². The van der Waals surface area contributed by atoms with Gasteiger partial charge in [-0.05, 0) is 30.5 Å². The maximum Gasteiger partial charge on any atom is 0.417 e. The van der Waals surface area contributed by atoms with Crippen molar-refractivity contribution < 1.29 is 27.4 Å². The number of fused-ring (bicyclic) bond motifs is 1. The van der Waals surface area contributed by atoms with Crippen molar-refractivity contribution in [2.24, 2.45) is 11.3 Å². The molecule has 164 valence electrons. The molecule has 0 aliphatic carbocycles. The Morgan fingerprint density at radius 1 is 1.33 bits per heavy atom. The summed E-state index contributed by atoms with van der Waals surface area (Å²) in [5, 5.41) is 9.04. The molecule has 2 heterocycles. The number of hydrogen-bond acceptors (Lipinski definition) is 5. The van der Waals surface area contributed by atoms with E-state index in [9.17, 15) is 18.0 Å². The first-order valence-electron chi connectivity index (χ1n) is 9.88. The predicted molar refractivity (Wildman–Crippen MR) is 104 cm³/mol. The number of ether oxygens (including phenoxy) is 2. The van der Waals surface area contributed by atoms with E-state index in [4.69, 9.17) is 14.7 Å². The second kappa shape index (κ2) is 8.82. The van der Waals surface area contributed by atoms with Crippen molar-refractivity contribution >= 4 is 11.6 Å². The lowest BCUT2D eigenvalue weighted by molar-refractivity contribution is -0.138. The van der Waals surface area contributed by atoms with Crippen LogP contribution in [-0.4, -0.2) is 63.9 Å². The number of rotatable bonds is 6. The number of halogens is 3. The van der Waals surface area contributed by atoms with Crippen molar-refractivity contribution in [3.63, 3.8) is 0 Å². The quantitative estimate of drug-likeness (QED) is 0.656. The van der Waals surface area contributed by atoms with Gasteiger partial charge in [0.15, 0.2) is 0 Å². The van der Waals surface area contributed by atoms with E-state index in [1.54, 1.807) is 24.1 Å². The molecule has 2 fully saturated rings. The molecule has 0 saturated carbocycles. The van der Waals surface area contributed by atoms with Crippen molar-refractivity contribution in [3.05, 3.63) is 29.3 Å². The second-order valence-electron chi connectivity index (χ2n) is 8.05. The highest BCUT2D eigenvalue weighted by atomic mass is 19.4. The first-order chi connectivity index (χ1) is 14.2. The number of methoxy groups -OCH3 is 1. The number of carbonyl (C=O) groups is 1. The minimum absolute atomic E-state index is 0.0131. The summed E-state index contributed by atoms with van der Waals surface area (Å²) in [6.07, 6.45) is -3.83. The number of anilines is 1. The molecule has 2 aliphatic heterocycles. The zero-order valence-electron chi connectivity index (χ0n) is 17.2. The predicted octanol–water partition coefficient (Wildman–Crippen LogP) is 2.91. The van der Waals surface area contributed by atoms with Crippen LogP contribution in [0.1, 0.15) is 24.5 Å². The maximum atomic E-state index is 13.4. The lowest BCUT2D eigenvalue weighted by Gasteiger charge is -2.43. The first-order valence-corrected chi connectivity index (χ1v) is 9.88. The fourth-order valence-electron chi connectivity index (χ4n) is 4.53. The normalized spacial score (nSPS) is 23.9. The van der Waals surface area contributed by atoms with Crippen LogP contribution in [-0.2, 0) is 20.4 Å². The molecule has 0 N–H and O–H groups in total. The summed E-state index contributed by atoms with van der Waals surface area (Å²) >= 11 is 0. The number of hydrogen-bond donors (Lipinski definition) is 0. The largest absolute Gasteiger partial charge is 0.417 e. The molecule has 0 unspecified atom stereocenters. The third-order valence-corrected chi connectivity index (χ3v) is 6.13. The van der Waals surface area contributed by atoms with Crippen LogP contribution in [0.5, 0.6) is 0 Å². The molecule has 2 aliphatic rings. The Balaban J connectivity index is 1.87. The van der Waals surface area contributed by atoms with Gasteiger partial charge < -0.3 is 19.3 Å². The molecule has 1 aromatic carbocycles. The van der Waals surface area contributed by atoms with Crippen molar-refractivity contribution in [1.29, 1.82) is 5.26 Å². The monoisotopic (exact) mass is 425 g/mol. The number of benzene rings is 1. The highest BCUT2D eigenvalue weighted by molar-refractivity contribution is 5.73. The standard InChI is InChI=1S/C21H26F3N3O3/c1-15(28)26-6-5-17-11-27(13-20(17,12-26)14-30-8-7-29-2)18-4-3-16(10-25)19(9-18)21(22,23)24/h3-4,9,17H,5-8,11-14H2,1-2H3/t17-,20+/m1/s1. The zero-order chi connectivity index (χ0) is 21.9. The molecular weight excluding hydrogens is 399 g/mol. The summed E-state index contributed by atoms with van der Waals surface area (Å²) in [7, 11) is 1.59. The minimum atomic E-state index is -4.60. The van der Waals surface area contributed by atoms with Crippen molar-refractivity contribution in [2.45, 2.75) is 19.5 Å². The minimum Gasteiger partial charge on any atom is -0.382 e. The fraction of sp³-hybridized carbons (Fsp3) is 0.619. The number of likely N-dealkylation sites (tertiary alicyclic amines) is 1. The number of piperidine rings is 1. The van der Waals surface area contributed by atoms with E-state index in [0.29, 0.717) is 51.7 Å². The Bertz CT molecular complexity index is 824. The first kappa shape index (κ1) is 22.4. The van der Waals surface area contributed by atoms with Crippen LogP contribution in [0.4, 0.5) is 18.9 Å².